The molecular weight excluding hydrogens is 174 g/mol. The van der Waals surface area contributed by atoms with Gasteiger partial charge in [-0.25, -0.2) is 0 Å². The molecule has 0 amide bonds. The summed E-state index contributed by atoms with van der Waals surface area (Å²) in [5.74, 6) is 0. The summed E-state index contributed by atoms with van der Waals surface area (Å²) in [6.45, 7) is 3.91. The van der Waals surface area contributed by atoms with Gasteiger partial charge in [0.2, 0.25) is 0 Å². The van der Waals surface area contributed by atoms with E-state index in [-0.39, 0.29) is 5.54 Å². The van der Waals surface area contributed by atoms with Gasteiger partial charge in [-0.3, -0.25) is 0 Å². The third-order valence-corrected chi connectivity index (χ3v) is 3.07. The van der Waals surface area contributed by atoms with Crippen LogP contribution in [-0.4, -0.2) is 10.7 Å². The predicted molar refractivity (Wildman–Crippen MR) is 56.9 cm³/mol. The predicted octanol–water partition coefficient (Wildman–Crippen LogP) is 1.69. The molecule has 0 saturated heterocycles. The molecule has 3 N–H and O–H groups in total. The van der Waals surface area contributed by atoms with E-state index in [0.29, 0.717) is 12.8 Å². The maximum atomic E-state index is 9.72. The van der Waals surface area contributed by atoms with Crippen molar-refractivity contribution in [1.82, 2.24) is 0 Å². The Hall–Kier alpha value is -0.860. The molecule has 2 rings (SSSR count). The van der Waals surface area contributed by atoms with Crippen molar-refractivity contribution in [2.24, 2.45) is 5.73 Å². The van der Waals surface area contributed by atoms with Crippen LogP contribution in [0.5, 0.6) is 0 Å². The van der Waals surface area contributed by atoms with Crippen LogP contribution in [0, 0.1) is 6.92 Å². The topological polar surface area (TPSA) is 46.2 Å². The third kappa shape index (κ3) is 1.45. The zero-order valence-electron chi connectivity index (χ0n) is 8.75. The first-order valence-corrected chi connectivity index (χ1v) is 5.00. The van der Waals surface area contributed by atoms with Gasteiger partial charge in [0.05, 0.1) is 5.60 Å². The average Bonchev–Trinajstić information content (AvgIpc) is 2.00. The van der Waals surface area contributed by atoms with E-state index in [4.69, 9.17) is 5.73 Å². The Morgan fingerprint density at radius 3 is 2.36 bits per heavy atom. The summed E-state index contributed by atoms with van der Waals surface area (Å²) in [4.78, 5) is 0. The van der Waals surface area contributed by atoms with Gasteiger partial charge in [0.25, 0.3) is 0 Å². The molecule has 0 radical (unpaired) electrons. The second-order valence-corrected chi connectivity index (χ2v) is 4.82. The first-order chi connectivity index (χ1) is 6.43. The molecule has 0 unspecified atom stereocenters. The highest BCUT2D eigenvalue weighted by Gasteiger charge is 2.49. The van der Waals surface area contributed by atoms with Gasteiger partial charge < -0.3 is 10.8 Å². The van der Waals surface area contributed by atoms with Gasteiger partial charge in [-0.2, -0.15) is 0 Å². The van der Waals surface area contributed by atoms with Crippen LogP contribution in [0.25, 0.3) is 0 Å². The number of aryl methyl sites for hydroxylation is 1. The molecular formula is C12H17NO. The molecule has 1 aromatic carbocycles. The van der Waals surface area contributed by atoms with Crippen molar-refractivity contribution < 1.29 is 5.11 Å². The van der Waals surface area contributed by atoms with Gasteiger partial charge in [-0.1, -0.05) is 24.3 Å². The second kappa shape index (κ2) is 2.81. The van der Waals surface area contributed by atoms with E-state index in [9.17, 15) is 5.11 Å². The molecule has 0 atom stereocenters. The van der Waals surface area contributed by atoms with E-state index in [1.54, 1.807) is 0 Å². The number of hydrogen-bond acceptors (Lipinski definition) is 2. The molecule has 14 heavy (non-hydrogen) atoms. The van der Waals surface area contributed by atoms with E-state index >= 15 is 0 Å². The Morgan fingerprint density at radius 2 is 1.86 bits per heavy atom. The zero-order valence-corrected chi connectivity index (χ0v) is 8.75. The summed E-state index contributed by atoms with van der Waals surface area (Å²) in [5, 5.41) is 9.72. The fourth-order valence-corrected chi connectivity index (χ4v) is 2.63. The number of aliphatic hydroxyl groups is 1. The van der Waals surface area contributed by atoms with Crippen LogP contribution in [0.3, 0.4) is 0 Å². The van der Waals surface area contributed by atoms with Gasteiger partial charge in [0, 0.05) is 5.54 Å². The number of benzene rings is 1. The van der Waals surface area contributed by atoms with Gasteiger partial charge >= 0.3 is 0 Å². The molecule has 2 heteroatoms. The number of hydrogen-bond donors (Lipinski definition) is 2. The first-order valence-electron chi connectivity index (χ1n) is 5.00. The van der Waals surface area contributed by atoms with E-state index < -0.39 is 5.60 Å². The summed E-state index contributed by atoms with van der Waals surface area (Å²) in [6, 6.07) is 8.14. The molecule has 0 aliphatic heterocycles. The summed E-state index contributed by atoms with van der Waals surface area (Å²) in [5.41, 5.74) is 7.74. The SMILES string of the molecule is Cc1ccccc1C1(N)CC(C)(O)C1. The lowest BCUT2D eigenvalue weighted by Crippen LogP contribution is -2.58. The lowest BCUT2D eigenvalue weighted by Gasteiger charge is -2.50. The summed E-state index contributed by atoms with van der Waals surface area (Å²) < 4.78 is 0. The van der Waals surface area contributed by atoms with Gasteiger partial charge in [0.15, 0.2) is 0 Å². The van der Waals surface area contributed by atoms with Crippen molar-refractivity contribution in [3.8, 4) is 0 Å². The maximum absolute atomic E-state index is 9.72. The Kier molecular flexibility index (Phi) is 1.95. The number of rotatable bonds is 1. The van der Waals surface area contributed by atoms with Crippen LogP contribution in [0.15, 0.2) is 24.3 Å². The minimum absolute atomic E-state index is 0.311. The van der Waals surface area contributed by atoms with Crippen molar-refractivity contribution in [2.75, 3.05) is 0 Å². The summed E-state index contributed by atoms with van der Waals surface area (Å²) >= 11 is 0. The molecule has 1 aromatic rings. The van der Waals surface area contributed by atoms with Crippen molar-refractivity contribution in [1.29, 1.82) is 0 Å². The lowest BCUT2D eigenvalue weighted by molar-refractivity contribution is -0.0740. The molecule has 0 bridgehead atoms. The monoisotopic (exact) mass is 191 g/mol. The first kappa shape index (κ1) is 9.69. The summed E-state index contributed by atoms with van der Waals surface area (Å²) in [7, 11) is 0. The molecule has 0 aromatic heterocycles. The smallest absolute Gasteiger partial charge is 0.0661 e. The number of nitrogens with two attached hydrogens (primary N) is 1. The van der Waals surface area contributed by atoms with Crippen LogP contribution in [-0.2, 0) is 5.54 Å². The van der Waals surface area contributed by atoms with E-state index in [2.05, 4.69) is 19.1 Å². The highest BCUT2D eigenvalue weighted by molar-refractivity contribution is 5.36. The molecule has 1 fully saturated rings. The van der Waals surface area contributed by atoms with Crippen LogP contribution < -0.4 is 5.73 Å². The Balaban J connectivity index is 2.30. The van der Waals surface area contributed by atoms with E-state index in [1.165, 1.54) is 11.1 Å². The quantitative estimate of drug-likeness (QED) is 0.709. The van der Waals surface area contributed by atoms with Crippen LogP contribution in [0.4, 0.5) is 0 Å². The minimum atomic E-state index is -0.572. The Morgan fingerprint density at radius 1 is 1.29 bits per heavy atom. The van der Waals surface area contributed by atoms with Crippen LogP contribution in [0.2, 0.25) is 0 Å². The summed E-state index contributed by atoms with van der Waals surface area (Å²) in [6.07, 6.45) is 1.32. The molecule has 76 valence electrons. The standard InChI is InChI=1S/C12H17NO/c1-9-5-3-4-6-10(9)12(13)7-11(2,14)8-12/h3-6,14H,7-8,13H2,1-2H3. The minimum Gasteiger partial charge on any atom is -0.390 e. The molecule has 2 nitrogen and oxygen atoms in total. The van der Waals surface area contributed by atoms with Crippen molar-refractivity contribution in [3.05, 3.63) is 35.4 Å². The molecule has 1 aliphatic carbocycles. The van der Waals surface area contributed by atoms with Crippen LogP contribution >= 0.6 is 0 Å². The van der Waals surface area contributed by atoms with Crippen molar-refractivity contribution in [3.63, 3.8) is 0 Å². The molecule has 0 spiro atoms. The fraction of sp³-hybridized carbons (Fsp3) is 0.500. The molecule has 1 aliphatic rings. The zero-order chi connectivity index (χ0) is 10.4. The molecule has 1 saturated carbocycles. The highest BCUT2D eigenvalue weighted by atomic mass is 16.3. The van der Waals surface area contributed by atoms with E-state index in [1.807, 2.05) is 19.1 Å². The normalized spacial score (nSPS) is 36.6. The fourth-order valence-electron chi connectivity index (χ4n) is 2.63. The lowest BCUT2D eigenvalue weighted by atomic mass is 9.62. The molecule has 0 heterocycles. The van der Waals surface area contributed by atoms with Gasteiger partial charge in [-0.15, -0.1) is 0 Å². The van der Waals surface area contributed by atoms with Crippen molar-refractivity contribution >= 4 is 0 Å². The largest absolute Gasteiger partial charge is 0.390 e. The van der Waals surface area contributed by atoms with Crippen LogP contribution in [0.1, 0.15) is 30.9 Å². The Labute approximate surface area is 84.7 Å². The van der Waals surface area contributed by atoms with E-state index in [0.717, 1.165) is 0 Å². The van der Waals surface area contributed by atoms with Gasteiger partial charge in [-0.05, 0) is 37.8 Å². The average molecular weight is 191 g/mol. The maximum Gasteiger partial charge on any atom is 0.0661 e. The van der Waals surface area contributed by atoms with Crippen molar-refractivity contribution in [2.45, 2.75) is 37.8 Å². The highest BCUT2D eigenvalue weighted by Crippen LogP contribution is 2.46. The van der Waals surface area contributed by atoms with Gasteiger partial charge in [0.1, 0.15) is 0 Å². The second-order valence-electron chi connectivity index (χ2n) is 4.82. The Bertz CT molecular complexity index is 349. The third-order valence-electron chi connectivity index (χ3n) is 3.07.